The molecule has 0 spiro atoms. The van der Waals surface area contributed by atoms with Crippen LogP contribution in [0.4, 0.5) is 0 Å². The average molecular weight is 254 g/mol. The molecule has 0 aromatic heterocycles. The molecule has 2 rings (SSSR count). The molecule has 1 N–H and O–H groups in total. The van der Waals surface area contributed by atoms with Crippen LogP contribution in [0.3, 0.4) is 0 Å². The highest BCUT2D eigenvalue weighted by Gasteiger charge is 2.36. The van der Waals surface area contributed by atoms with E-state index in [2.05, 4.69) is 12.2 Å². The van der Waals surface area contributed by atoms with Crippen LogP contribution in [0.25, 0.3) is 0 Å². The zero-order valence-electron chi connectivity index (χ0n) is 11.5. The summed E-state index contributed by atoms with van der Waals surface area (Å²) in [4.78, 5) is 13.9. The van der Waals surface area contributed by atoms with E-state index in [1.165, 1.54) is 25.7 Å². The number of rotatable bonds is 7. The molecule has 1 aliphatic heterocycles. The van der Waals surface area contributed by atoms with Crippen LogP contribution in [0.5, 0.6) is 0 Å². The van der Waals surface area contributed by atoms with Gasteiger partial charge in [-0.05, 0) is 25.2 Å². The van der Waals surface area contributed by atoms with E-state index in [4.69, 9.17) is 4.74 Å². The van der Waals surface area contributed by atoms with Crippen molar-refractivity contribution < 1.29 is 9.53 Å². The molecule has 1 saturated heterocycles. The van der Waals surface area contributed by atoms with Crippen LogP contribution in [0.15, 0.2) is 0 Å². The summed E-state index contributed by atoms with van der Waals surface area (Å²) in [5.74, 6) is 0.901. The van der Waals surface area contributed by atoms with Crippen molar-refractivity contribution >= 4 is 5.91 Å². The molecule has 0 aromatic rings. The van der Waals surface area contributed by atoms with Crippen LogP contribution in [-0.4, -0.2) is 43.3 Å². The minimum Gasteiger partial charge on any atom is -0.380 e. The fourth-order valence-corrected chi connectivity index (χ4v) is 3.03. The number of carbonyl (C=O) groups excluding carboxylic acids is 1. The predicted octanol–water partition coefficient (Wildman–Crippen LogP) is 1.75. The van der Waals surface area contributed by atoms with Gasteiger partial charge in [-0.15, -0.1) is 0 Å². The van der Waals surface area contributed by atoms with Gasteiger partial charge in [0.2, 0.25) is 5.91 Å². The molecule has 0 bridgehead atoms. The maximum Gasteiger partial charge on any atom is 0.237 e. The Bertz CT molecular complexity index is 265. The second-order valence-electron chi connectivity index (χ2n) is 5.42. The molecule has 1 amide bonds. The standard InChI is InChI=1S/C14H26N2O2/c1-2-3-9-18-10-8-16-13(17)11-15-14(16)12-6-4-5-7-12/h12,14-15H,2-11H2,1H3. The van der Waals surface area contributed by atoms with Crippen molar-refractivity contribution in [3.8, 4) is 0 Å². The van der Waals surface area contributed by atoms with E-state index in [1.54, 1.807) is 0 Å². The van der Waals surface area contributed by atoms with Crippen molar-refractivity contribution in [2.75, 3.05) is 26.3 Å². The molecule has 1 atom stereocenters. The molecule has 1 aliphatic carbocycles. The van der Waals surface area contributed by atoms with E-state index in [-0.39, 0.29) is 12.1 Å². The van der Waals surface area contributed by atoms with Crippen molar-refractivity contribution in [3.63, 3.8) is 0 Å². The van der Waals surface area contributed by atoms with Crippen molar-refractivity contribution in [2.24, 2.45) is 5.92 Å². The first kappa shape index (κ1) is 13.8. The van der Waals surface area contributed by atoms with E-state index in [9.17, 15) is 4.79 Å². The van der Waals surface area contributed by atoms with E-state index in [0.717, 1.165) is 26.0 Å². The SMILES string of the molecule is CCCCOCCN1C(=O)CNC1C1CCCC1. The summed E-state index contributed by atoms with van der Waals surface area (Å²) in [6.07, 6.45) is 7.70. The third kappa shape index (κ3) is 3.45. The van der Waals surface area contributed by atoms with Crippen LogP contribution >= 0.6 is 0 Å². The summed E-state index contributed by atoms with van der Waals surface area (Å²) in [6, 6.07) is 0. The Kier molecular flexibility index (Phi) is 5.45. The molecule has 1 saturated carbocycles. The number of ether oxygens (including phenoxy) is 1. The molecule has 4 nitrogen and oxygen atoms in total. The summed E-state index contributed by atoms with van der Waals surface area (Å²) in [5.41, 5.74) is 0. The lowest BCUT2D eigenvalue weighted by atomic mass is 10.0. The summed E-state index contributed by atoms with van der Waals surface area (Å²) in [7, 11) is 0. The third-order valence-electron chi connectivity index (χ3n) is 4.08. The van der Waals surface area contributed by atoms with Crippen molar-refractivity contribution in [1.82, 2.24) is 10.2 Å². The van der Waals surface area contributed by atoms with E-state index >= 15 is 0 Å². The third-order valence-corrected chi connectivity index (χ3v) is 4.08. The number of unbranched alkanes of at least 4 members (excludes halogenated alkanes) is 1. The van der Waals surface area contributed by atoms with Crippen LogP contribution < -0.4 is 5.32 Å². The lowest BCUT2D eigenvalue weighted by molar-refractivity contribution is -0.129. The molecule has 0 aromatic carbocycles. The van der Waals surface area contributed by atoms with Crippen molar-refractivity contribution in [3.05, 3.63) is 0 Å². The molecular weight excluding hydrogens is 228 g/mol. The monoisotopic (exact) mass is 254 g/mol. The molecular formula is C14H26N2O2. The van der Waals surface area contributed by atoms with E-state index in [1.807, 2.05) is 4.90 Å². The highest BCUT2D eigenvalue weighted by atomic mass is 16.5. The number of hydrogen-bond donors (Lipinski definition) is 1. The second-order valence-corrected chi connectivity index (χ2v) is 5.42. The van der Waals surface area contributed by atoms with Gasteiger partial charge in [0.25, 0.3) is 0 Å². The number of hydrogen-bond acceptors (Lipinski definition) is 3. The summed E-state index contributed by atoms with van der Waals surface area (Å²) >= 11 is 0. The quantitative estimate of drug-likeness (QED) is 0.704. The van der Waals surface area contributed by atoms with Gasteiger partial charge in [0.05, 0.1) is 19.3 Å². The van der Waals surface area contributed by atoms with E-state index in [0.29, 0.717) is 19.1 Å². The smallest absolute Gasteiger partial charge is 0.237 e. The van der Waals surface area contributed by atoms with Gasteiger partial charge >= 0.3 is 0 Å². The molecule has 1 unspecified atom stereocenters. The van der Waals surface area contributed by atoms with Gasteiger partial charge in [-0.3, -0.25) is 10.1 Å². The average Bonchev–Trinajstić information content (AvgIpc) is 2.99. The largest absolute Gasteiger partial charge is 0.380 e. The van der Waals surface area contributed by atoms with Gasteiger partial charge in [0.15, 0.2) is 0 Å². The zero-order chi connectivity index (χ0) is 12.8. The highest BCUT2D eigenvalue weighted by molar-refractivity contribution is 5.80. The Morgan fingerprint density at radius 2 is 2.11 bits per heavy atom. The number of amides is 1. The van der Waals surface area contributed by atoms with Crippen LogP contribution in [0, 0.1) is 5.92 Å². The number of nitrogens with zero attached hydrogens (tertiary/aromatic N) is 1. The minimum absolute atomic E-state index is 0.242. The van der Waals surface area contributed by atoms with Gasteiger partial charge < -0.3 is 9.64 Å². The molecule has 4 heteroatoms. The summed E-state index contributed by atoms with van der Waals surface area (Å²) in [6.45, 7) is 4.91. The van der Waals surface area contributed by atoms with Crippen molar-refractivity contribution in [2.45, 2.75) is 51.6 Å². The first-order valence-corrected chi connectivity index (χ1v) is 7.43. The molecule has 1 heterocycles. The molecule has 2 aliphatic rings. The molecule has 2 fully saturated rings. The van der Waals surface area contributed by atoms with E-state index < -0.39 is 0 Å². The summed E-state index contributed by atoms with van der Waals surface area (Å²) in [5, 5.41) is 3.37. The Labute approximate surface area is 110 Å². The minimum atomic E-state index is 0.242. The Hall–Kier alpha value is -0.610. The van der Waals surface area contributed by atoms with Crippen LogP contribution in [0.2, 0.25) is 0 Å². The Morgan fingerprint density at radius 3 is 2.83 bits per heavy atom. The molecule has 0 radical (unpaired) electrons. The van der Waals surface area contributed by atoms with Gasteiger partial charge in [0.1, 0.15) is 0 Å². The second kappa shape index (κ2) is 7.10. The lowest BCUT2D eigenvalue weighted by Crippen LogP contribution is -2.43. The first-order valence-electron chi connectivity index (χ1n) is 7.43. The zero-order valence-corrected chi connectivity index (χ0v) is 11.5. The Balaban J connectivity index is 1.74. The fraction of sp³-hybridized carbons (Fsp3) is 0.929. The number of nitrogens with one attached hydrogen (secondary N) is 1. The number of carbonyl (C=O) groups is 1. The normalized spacial score (nSPS) is 25.3. The van der Waals surface area contributed by atoms with Crippen molar-refractivity contribution in [1.29, 1.82) is 0 Å². The topological polar surface area (TPSA) is 41.6 Å². The maximum absolute atomic E-state index is 11.9. The fourth-order valence-electron chi connectivity index (χ4n) is 3.03. The Morgan fingerprint density at radius 1 is 1.33 bits per heavy atom. The van der Waals surface area contributed by atoms with Crippen LogP contribution in [-0.2, 0) is 9.53 Å². The predicted molar refractivity (Wildman–Crippen MR) is 71.2 cm³/mol. The van der Waals surface area contributed by atoms with Gasteiger partial charge in [0, 0.05) is 13.2 Å². The lowest BCUT2D eigenvalue weighted by Gasteiger charge is -2.29. The van der Waals surface area contributed by atoms with Crippen LogP contribution in [0.1, 0.15) is 45.4 Å². The highest BCUT2D eigenvalue weighted by Crippen LogP contribution is 2.30. The van der Waals surface area contributed by atoms with Gasteiger partial charge in [-0.2, -0.15) is 0 Å². The molecule has 104 valence electrons. The van der Waals surface area contributed by atoms with Gasteiger partial charge in [-0.1, -0.05) is 26.2 Å². The summed E-state index contributed by atoms with van der Waals surface area (Å²) < 4.78 is 5.57. The maximum atomic E-state index is 11.9. The first-order chi connectivity index (χ1) is 8.83. The van der Waals surface area contributed by atoms with Gasteiger partial charge in [-0.25, -0.2) is 0 Å². The molecule has 18 heavy (non-hydrogen) atoms.